The molecule has 0 spiro atoms. The predicted molar refractivity (Wildman–Crippen MR) is 79.6 cm³/mol. The molecule has 126 valence electrons. The van der Waals surface area contributed by atoms with Gasteiger partial charge < -0.3 is 10.2 Å². The quantitative estimate of drug-likeness (QED) is 0.870. The lowest BCUT2D eigenvalue weighted by Gasteiger charge is -2.32. The Labute approximate surface area is 140 Å². The van der Waals surface area contributed by atoms with E-state index < -0.39 is 18.1 Å². The second kappa shape index (κ2) is 6.97. The van der Waals surface area contributed by atoms with Crippen LogP contribution in [0.15, 0.2) is 18.2 Å². The molecule has 1 aliphatic heterocycles. The highest BCUT2D eigenvalue weighted by atomic mass is 35.5. The number of halogens is 5. The minimum atomic E-state index is -4.90. The first-order valence-electron chi connectivity index (χ1n) is 6.80. The number of nitrogens with one attached hydrogen (secondary N) is 1. The number of rotatable bonds is 2. The second-order valence-corrected chi connectivity index (χ2v) is 6.01. The first-order valence-corrected chi connectivity index (χ1v) is 7.56. The number of benzene rings is 1. The van der Waals surface area contributed by atoms with Crippen molar-refractivity contribution in [1.82, 2.24) is 10.2 Å². The number of piperidine rings is 1. The molecular formula is C14H13Cl2F3N2O2. The SMILES string of the molecule is O=C(c1cc(Cl)ccc1Cl)N1CCC(NC(=O)C(F)(F)F)CC1. The van der Waals surface area contributed by atoms with Gasteiger partial charge in [0.25, 0.3) is 5.91 Å². The number of likely N-dealkylation sites (tertiary alicyclic amines) is 1. The maximum atomic E-state index is 12.4. The lowest BCUT2D eigenvalue weighted by Crippen LogP contribution is -2.49. The summed E-state index contributed by atoms with van der Waals surface area (Å²) in [6, 6.07) is 3.90. The first-order chi connectivity index (χ1) is 10.7. The number of hydrogen-bond acceptors (Lipinski definition) is 2. The minimum Gasteiger partial charge on any atom is -0.345 e. The molecule has 0 bridgehead atoms. The van der Waals surface area contributed by atoms with Crippen molar-refractivity contribution in [2.45, 2.75) is 25.1 Å². The topological polar surface area (TPSA) is 49.4 Å². The Kier molecular flexibility index (Phi) is 5.41. The molecule has 2 rings (SSSR count). The molecule has 0 aromatic heterocycles. The molecule has 0 radical (unpaired) electrons. The van der Waals surface area contributed by atoms with Crippen LogP contribution in [0.25, 0.3) is 0 Å². The zero-order valence-electron chi connectivity index (χ0n) is 11.8. The first kappa shape index (κ1) is 17.9. The van der Waals surface area contributed by atoms with Crippen molar-refractivity contribution in [2.24, 2.45) is 0 Å². The number of carbonyl (C=O) groups is 2. The molecule has 0 unspecified atom stereocenters. The highest BCUT2D eigenvalue weighted by Gasteiger charge is 2.40. The van der Waals surface area contributed by atoms with Gasteiger partial charge in [-0.1, -0.05) is 23.2 Å². The Bertz CT molecular complexity index is 615. The summed E-state index contributed by atoms with van der Waals surface area (Å²) in [7, 11) is 0. The Balaban J connectivity index is 1.95. The monoisotopic (exact) mass is 368 g/mol. The predicted octanol–water partition coefficient (Wildman–Crippen LogP) is 3.28. The molecule has 4 nitrogen and oxygen atoms in total. The standard InChI is InChI=1S/C14H13Cl2F3N2O2/c15-8-1-2-11(16)10(7-8)12(22)21-5-3-9(4-6-21)20-13(23)14(17,18)19/h1-2,7,9H,3-6H2,(H,20,23). The summed E-state index contributed by atoms with van der Waals surface area (Å²) in [4.78, 5) is 24.8. The van der Waals surface area contributed by atoms with Crippen LogP contribution < -0.4 is 5.32 Å². The van der Waals surface area contributed by atoms with Crippen LogP contribution in [0.1, 0.15) is 23.2 Å². The Morgan fingerprint density at radius 2 is 1.78 bits per heavy atom. The zero-order chi connectivity index (χ0) is 17.2. The number of alkyl halides is 3. The molecule has 9 heteroatoms. The van der Waals surface area contributed by atoms with E-state index in [4.69, 9.17) is 23.2 Å². The third-order valence-electron chi connectivity index (χ3n) is 3.53. The van der Waals surface area contributed by atoms with Crippen LogP contribution in [-0.2, 0) is 4.79 Å². The summed E-state index contributed by atoms with van der Waals surface area (Å²) in [6.45, 7) is 0.453. The van der Waals surface area contributed by atoms with Gasteiger partial charge in [0.05, 0.1) is 10.6 Å². The lowest BCUT2D eigenvalue weighted by atomic mass is 10.0. The van der Waals surface area contributed by atoms with Crippen molar-refractivity contribution in [3.63, 3.8) is 0 Å². The molecule has 1 saturated heterocycles. The third-order valence-corrected chi connectivity index (χ3v) is 4.10. The lowest BCUT2D eigenvalue weighted by molar-refractivity contribution is -0.174. The molecule has 0 saturated carbocycles. The van der Waals surface area contributed by atoms with E-state index in [0.29, 0.717) is 5.02 Å². The molecular weight excluding hydrogens is 356 g/mol. The van der Waals surface area contributed by atoms with Crippen molar-refractivity contribution < 1.29 is 22.8 Å². The summed E-state index contributed by atoms with van der Waals surface area (Å²) in [5, 5.41) is 2.55. The van der Waals surface area contributed by atoms with Crippen LogP contribution in [0, 0.1) is 0 Å². The van der Waals surface area contributed by atoms with E-state index in [1.54, 1.807) is 6.07 Å². The molecule has 1 aromatic rings. The van der Waals surface area contributed by atoms with Gasteiger partial charge in [-0.15, -0.1) is 0 Å². The molecule has 0 atom stereocenters. The van der Waals surface area contributed by atoms with Crippen LogP contribution in [0.4, 0.5) is 13.2 Å². The summed E-state index contributed by atoms with van der Waals surface area (Å²) < 4.78 is 36.6. The van der Waals surface area contributed by atoms with Crippen LogP contribution in [0.2, 0.25) is 10.0 Å². The Morgan fingerprint density at radius 3 is 2.35 bits per heavy atom. The molecule has 1 N–H and O–H groups in total. The van der Waals surface area contributed by atoms with Gasteiger partial charge in [-0.05, 0) is 31.0 Å². The fraction of sp³-hybridized carbons (Fsp3) is 0.429. The molecule has 23 heavy (non-hydrogen) atoms. The number of hydrogen-bond donors (Lipinski definition) is 1. The van der Waals surface area contributed by atoms with Gasteiger partial charge in [0.2, 0.25) is 0 Å². The zero-order valence-corrected chi connectivity index (χ0v) is 13.3. The van der Waals surface area contributed by atoms with E-state index in [1.807, 2.05) is 5.32 Å². The van der Waals surface area contributed by atoms with Gasteiger partial charge in [-0.2, -0.15) is 13.2 Å². The number of nitrogens with zero attached hydrogens (tertiary/aromatic N) is 1. The van der Waals surface area contributed by atoms with Crippen molar-refractivity contribution in [3.05, 3.63) is 33.8 Å². The van der Waals surface area contributed by atoms with Crippen molar-refractivity contribution in [2.75, 3.05) is 13.1 Å². The number of amides is 2. The van der Waals surface area contributed by atoms with Gasteiger partial charge in [-0.25, -0.2) is 0 Å². The van der Waals surface area contributed by atoms with Gasteiger partial charge in [-0.3, -0.25) is 9.59 Å². The van der Waals surface area contributed by atoms with Gasteiger partial charge >= 0.3 is 12.1 Å². The average molecular weight is 369 g/mol. The van der Waals surface area contributed by atoms with Crippen molar-refractivity contribution >= 4 is 35.0 Å². The Hall–Kier alpha value is -1.47. The number of carbonyl (C=O) groups excluding carboxylic acids is 2. The summed E-state index contributed by atoms with van der Waals surface area (Å²) in [5.74, 6) is -2.29. The van der Waals surface area contributed by atoms with E-state index in [2.05, 4.69) is 0 Å². The highest BCUT2D eigenvalue weighted by molar-refractivity contribution is 6.35. The van der Waals surface area contributed by atoms with Crippen LogP contribution in [0.3, 0.4) is 0 Å². The van der Waals surface area contributed by atoms with E-state index in [-0.39, 0.29) is 42.4 Å². The summed E-state index contributed by atoms with van der Waals surface area (Å²) >= 11 is 11.8. The van der Waals surface area contributed by atoms with E-state index >= 15 is 0 Å². The minimum absolute atomic E-state index is 0.227. The smallest absolute Gasteiger partial charge is 0.345 e. The van der Waals surface area contributed by atoms with E-state index in [0.717, 1.165) is 0 Å². The van der Waals surface area contributed by atoms with E-state index in [9.17, 15) is 22.8 Å². The van der Waals surface area contributed by atoms with Gasteiger partial charge in [0.15, 0.2) is 0 Å². The highest BCUT2D eigenvalue weighted by Crippen LogP contribution is 2.24. The van der Waals surface area contributed by atoms with E-state index in [1.165, 1.54) is 17.0 Å². The van der Waals surface area contributed by atoms with Crippen LogP contribution in [0.5, 0.6) is 0 Å². The molecule has 1 aliphatic rings. The fourth-order valence-electron chi connectivity index (χ4n) is 2.33. The van der Waals surface area contributed by atoms with Crippen molar-refractivity contribution in [3.8, 4) is 0 Å². The molecule has 0 aliphatic carbocycles. The summed E-state index contributed by atoms with van der Waals surface area (Å²) in [5.41, 5.74) is 0.247. The largest absolute Gasteiger partial charge is 0.471 e. The van der Waals surface area contributed by atoms with Crippen LogP contribution >= 0.6 is 23.2 Å². The molecule has 1 heterocycles. The third kappa shape index (κ3) is 4.51. The maximum Gasteiger partial charge on any atom is 0.471 e. The normalized spacial score (nSPS) is 16.3. The molecule has 2 amide bonds. The molecule has 1 aromatic carbocycles. The molecule has 1 fully saturated rings. The average Bonchev–Trinajstić information content (AvgIpc) is 2.49. The van der Waals surface area contributed by atoms with Gasteiger partial charge in [0.1, 0.15) is 0 Å². The summed E-state index contributed by atoms with van der Waals surface area (Å²) in [6.07, 6.45) is -4.42. The van der Waals surface area contributed by atoms with Gasteiger partial charge in [0, 0.05) is 24.2 Å². The van der Waals surface area contributed by atoms with Crippen molar-refractivity contribution in [1.29, 1.82) is 0 Å². The Morgan fingerprint density at radius 1 is 1.17 bits per heavy atom. The second-order valence-electron chi connectivity index (χ2n) is 5.16. The fourth-order valence-corrected chi connectivity index (χ4v) is 2.70. The maximum absolute atomic E-state index is 12.4. The van der Waals surface area contributed by atoms with Crippen LogP contribution in [-0.4, -0.2) is 42.0 Å².